The van der Waals surface area contributed by atoms with Gasteiger partial charge in [0.25, 0.3) is 0 Å². The molecule has 3 atom stereocenters. The number of hydrogen-bond acceptors (Lipinski definition) is 6. The molecule has 126 valence electrons. The minimum atomic E-state index is -0.687. The number of aromatic nitrogens is 2. The molecule has 3 unspecified atom stereocenters. The summed E-state index contributed by atoms with van der Waals surface area (Å²) < 4.78 is 6.88. The fourth-order valence-corrected chi connectivity index (χ4v) is 2.57. The standard InChI is InChI=1S/C15H24BN3O3S/c1-10-8-11(20)13(22-10)19-7-4-12(18-14(19)21)17-9-16-6-5-15(2,3)23/h4,7,9-11,13,20,23H,5-6,8H2,1-3H3,(H,17,18,21). The molecule has 0 aliphatic carbocycles. The Kier molecular flexibility index (Phi) is 6.05. The molecule has 2 N–H and O–H groups in total. The summed E-state index contributed by atoms with van der Waals surface area (Å²) in [5.41, 5.74) is -0.446. The molecule has 0 amide bonds. The summed E-state index contributed by atoms with van der Waals surface area (Å²) in [5.74, 6) is 0.466. The van der Waals surface area contributed by atoms with Gasteiger partial charge in [-0.05, 0) is 0 Å². The summed E-state index contributed by atoms with van der Waals surface area (Å²) in [7, 11) is 0. The van der Waals surface area contributed by atoms with Crippen LogP contribution in [0.3, 0.4) is 0 Å². The average molecular weight is 337 g/mol. The maximum absolute atomic E-state index is 12.1. The van der Waals surface area contributed by atoms with Gasteiger partial charge >= 0.3 is 142 Å². The first-order valence-electron chi connectivity index (χ1n) is 7.83. The monoisotopic (exact) mass is 337 g/mol. The normalized spacial score (nSPS) is 24.8. The second-order valence-electron chi connectivity index (χ2n) is 6.54. The Morgan fingerprint density at radius 1 is 1.65 bits per heavy atom. The molecular formula is C15H24BN3O3S. The summed E-state index contributed by atoms with van der Waals surface area (Å²) in [5, 5.41) is 12.9. The van der Waals surface area contributed by atoms with Crippen molar-refractivity contribution in [1.29, 1.82) is 0 Å². The van der Waals surface area contributed by atoms with Gasteiger partial charge in [-0.2, -0.15) is 0 Å². The van der Waals surface area contributed by atoms with Crippen LogP contribution in [-0.4, -0.2) is 44.6 Å². The maximum atomic E-state index is 12.1. The van der Waals surface area contributed by atoms with Gasteiger partial charge in [0.2, 0.25) is 0 Å². The van der Waals surface area contributed by atoms with Gasteiger partial charge in [-0.15, -0.1) is 0 Å². The van der Waals surface area contributed by atoms with Crippen LogP contribution in [0.25, 0.3) is 0 Å². The Hall–Kier alpha value is -1.12. The zero-order valence-corrected chi connectivity index (χ0v) is 14.7. The number of ether oxygens (including phenoxy) is 1. The van der Waals surface area contributed by atoms with E-state index in [1.807, 2.05) is 13.8 Å². The molecule has 2 heterocycles. The molecule has 1 aromatic rings. The topological polar surface area (TPSA) is 76.4 Å². The van der Waals surface area contributed by atoms with Crippen LogP contribution in [0.1, 0.15) is 39.8 Å². The molecule has 6 nitrogen and oxygen atoms in total. The number of thiol groups is 1. The van der Waals surface area contributed by atoms with Gasteiger partial charge < -0.3 is 0 Å². The van der Waals surface area contributed by atoms with E-state index in [-0.39, 0.29) is 10.9 Å². The van der Waals surface area contributed by atoms with E-state index >= 15 is 0 Å². The first-order valence-corrected chi connectivity index (χ1v) is 8.27. The third kappa shape index (κ3) is 5.47. The number of aliphatic hydroxyl groups excluding tert-OH is 1. The molecule has 1 fully saturated rings. The SMILES string of the molecule is CC1CC(O)C(n2ccc(NC=BCCC(C)(C)S)nc2=O)O1. The first kappa shape index (κ1) is 18.2. The van der Waals surface area contributed by atoms with Crippen LogP contribution in [0.4, 0.5) is 5.82 Å². The summed E-state index contributed by atoms with van der Waals surface area (Å²) in [6.45, 7) is 7.99. The number of rotatable bonds is 6. The third-order valence-corrected chi connectivity index (χ3v) is 3.87. The Labute approximate surface area is 142 Å². The molecular weight excluding hydrogens is 313 g/mol. The van der Waals surface area contributed by atoms with E-state index in [4.69, 9.17) is 4.74 Å². The van der Waals surface area contributed by atoms with Crippen LogP contribution >= 0.6 is 12.6 Å². The molecule has 0 saturated carbocycles. The van der Waals surface area contributed by atoms with Crippen molar-refractivity contribution in [3.63, 3.8) is 0 Å². The van der Waals surface area contributed by atoms with Crippen LogP contribution in [0, 0.1) is 0 Å². The second-order valence-corrected chi connectivity index (χ2v) is 7.75. The van der Waals surface area contributed by atoms with Gasteiger partial charge in [-0.3, -0.25) is 0 Å². The minimum absolute atomic E-state index is 0.00230. The number of nitrogens with zero attached hydrogens (tertiary/aromatic N) is 2. The van der Waals surface area contributed by atoms with Crippen molar-refractivity contribution in [2.75, 3.05) is 5.32 Å². The van der Waals surface area contributed by atoms with Crippen LogP contribution in [0.15, 0.2) is 17.1 Å². The summed E-state index contributed by atoms with van der Waals surface area (Å²) in [4.78, 5) is 16.0. The Balaban J connectivity index is 1.95. The van der Waals surface area contributed by atoms with Gasteiger partial charge in [-0.1, -0.05) is 0 Å². The zero-order valence-electron chi connectivity index (χ0n) is 13.8. The summed E-state index contributed by atoms with van der Waals surface area (Å²) in [6.07, 6.45) is 4.31. The van der Waals surface area contributed by atoms with Crippen LogP contribution in [-0.2, 0) is 4.74 Å². The van der Waals surface area contributed by atoms with Crippen LogP contribution in [0.5, 0.6) is 0 Å². The van der Waals surface area contributed by atoms with E-state index in [1.54, 1.807) is 18.4 Å². The fourth-order valence-electron chi connectivity index (χ4n) is 2.44. The van der Waals surface area contributed by atoms with E-state index in [1.165, 1.54) is 4.57 Å². The molecule has 0 radical (unpaired) electrons. The molecule has 8 heteroatoms. The predicted octanol–water partition coefficient (Wildman–Crippen LogP) is 1.30. The van der Waals surface area contributed by atoms with Crippen molar-refractivity contribution in [2.45, 2.75) is 63.1 Å². The summed E-state index contributed by atoms with van der Waals surface area (Å²) >= 11 is 4.46. The molecule has 1 aliphatic rings. The molecule has 23 heavy (non-hydrogen) atoms. The van der Waals surface area contributed by atoms with Crippen molar-refractivity contribution in [1.82, 2.24) is 9.55 Å². The Bertz CT molecular complexity index is 615. The van der Waals surface area contributed by atoms with Crippen LogP contribution < -0.4 is 11.0 Å². The van der Waals surface area contributed by atoms with Crippen LogP contribution in [0.2, 0.25) is 6.32 Å². The number of aliphatic hydroxyl groups is 1. The summed E-state index contributed by atoms with van der Waals surface area (Å²) in [6, 6.07) is 1.69. The molecule has 2 rings (SSSR count). The third-order valence-electron chi connectivity index (χ3n) is 3.65. The fraction of sp³-hybridized carbons (Fsp3) is 0.667. The van der Waals surface area contributed by atoms with E-state index in [2.05, 4.69) is 36.8 Å². The number of nitrogens with one attached hydrogen (secondary N) is 1. The zero-order chi connectivity index (χ0) is 17.0. The quantitative estimate of drug-likeness (QED) is 0.539. The number of hydrogen-bond donors (Lipinski definition) is 3. The molecule has 1 aromatic heterocycles. The predicted molar refractivity (Wildman–Crippen MR) is 96.6 cm³/mol. The van der Waals surface area contributed by atoms with Crippen molar-refractivity contribution < 1.29 is 9.84 Å². The molecule has 0 aromatic carbocycles. The van der Waals surface area contributed by atoms with Crippen molar-refractivity contribution in [3.8, 4) is 0 Å². The van der Waals surface area contributed by atoms with E-state index < -0.39 is 18.0 Å². The van der Waals surface area contributed by atoms with E-state index in [0.29, 0.717) is 12.2 Å². The van der Waals surface area contributed by atoms with Crippen molar-refractivity contribution >= 4 is 31.5 Å². The van der Waals surface area contributed by atoms with Gasteiger partial charge in [0.1, 0.15) is 0 Å². The Morgan fingerprint density at radius 3 is 2.96 bits per heavy atom. The van der Waals surface area contributed by atoms with Crippen molar-refractivity contribution in [2.24, 2.45) is 0 Å². The van der Waals surface area contributed by atoms with Gasteiger partial charge in [0.15, 0.2) is 0 Å². The Morgan fingerprint density at radius 2 is 2.39 bits per heavy atom. The first-order chi connectivity index (χ1) is 10.8. The molecule has 1 aliphatic heterocycles. The van der Waals surface area contributed by atoms with Crippen molar-refractivity contribution in [3.05, 3.63) is 22.7 Å². The molecule has 1 saturated heterocycles. The second kappa shape index (κ2) is 7.64. The van der Waals surface area contributed by atoms with E-state index in [9.17, 15) is 9.90 Å². The van der Waals surface area contributed by atoms with Gasteiger partial charge in [0, 0.05) is 0 Å². The molecule has 0 spiro atoms. The molecule has 0 bridgehead atoms. The average Bonchev–Trinajstić information content (AvgIpc) is 2.76. The number of anilines is 1. The van der Waals surface area contributed by atoms with E-state index in [0.717, 1.165) is 12.7 Å². The van der Waals surface area contributed by atoms with Gasteiger partial charge in [-0.25, -0.2) is 0 Å². The van der Waals surface area contributed by atoms with Gasteiger partial charge in [0.05, 0.1) is 0 Å².